The average Bonchev–Trinajstić information content (AvgIpc) is 3.29. The van der Waals surface area contributed by atoms with Gasteiger partial charge in [-0.25, -0.2) is 9.78 Å². The third-order valence-electron chi connectivity index (χ3n) is 6.50. The summed E-state index contributed by atoms with van der Waals surface area (Å²) in [7, 11) is 0. The van der Waals surface area contributed by atoms with Crippen LogP contribution < -0.4 is 4.90 Å². The Labute approximate surface area is 221 Å². The number of anilines is 1. The molecule has 0 bridgehead atoms. The number of fused-ring (bicyclic) bond motifs is 2. The molecule has 0 radical (unpaired) electrons. The minimum atomic E-state index is -0.507. The number of carbonyl (C=O) groups is 2. The Morgan fingerprint density at radius 1 is 0.973 bits per heavy atom. The molecular weight excluding hydrogens is 484 g/mol. The lowest BCUT2D eigenvalue weighted by molar-refractivity contribution is -0.122. The lowest BCUT2D eigenvalue weighted by atomic mass is 10.0. The summed E-state index contributed by atoms with van der Waals surface area (Å²) in [4.78, 5) is 33.2. The molecule has 3 aromatic carbocycles. The molecule has 0 saturated heterocycles. The fraction of sp³-hybridized carbons (Fsp3) is 0.194. The zero-order valence-corrected chi connectivity index (χ0v) is 21.5. The van der Waals surface area contributed by atoms with Crippen molar-refractivity contribution in [3.05, 3.63) is 106 Å². The Kier molecular flexibility index (Phi) is 7.06. The van der Waals surface area contributed by atoms with Crippen LogP contribution in [0.25, 0.3) is 22.6 Å². The van der Waals surface area contributed by atoms with Gasteiger partial charge in [0.15, 0.2) is 6.61 Å². The van der Waals surface area contributed by atoms with Gasteiger partial charge in [-0.05, 0) is 79.8 Å². The lowest BCUT2D eigenvalue weighted by Crippen LogP contribution is -2.40. The van der Waals surface area contributed by atoms with Gasteiger partial charge in [0.2, 0.25) is 0 Å². The van der Waals surface area contributed by atoms with Gasteiger partial charge in [-0.15, -0.1) is 0 Å². The fourth-order valence-electron chi connectivity index (χ4n) is 4.86. The standard InChI is InChI=1S/C31H27ClN2O3/c1-20(2)34(24-8-4-3-5-9-24)28(35)19-37-31(36)29-25-10-6-7-11-27(25)33-30-22(14-17-26(29)30)18-21-12-15-23(32)16-13-21/h3-13,15-16,18,20H,14,17,19H2,1-2H3/b22-18+. The van der Waals surface area contributed by atoms with Crippen LogP contribution in [0.15, 0.2) is 78.9 Å². The van der Waals surface area contributed by atoms with E-state index in [-0.39, 0.29) is 18.6 Å². The predicted octanol–water partition coefficient (Wildman–Crippen LogP) is 6.97. The number of hydrogen-bond acceptors (Lipinski definition) is 4. The van der Waals surface area contributed by atoms with Crippen molar-refractivity contribution >= 4 is 51.7 Å². The second kappa shape index (κ2) is 10.6. The first-order chi connectivity index (χ1) is 17.9. The Bertz CT molecular complexity index is 1490. The van der Waals surface area contributed by atoms with Crippen LogP contribution in [-0.2, 0) is 16.0 Å². The summed E-state index contributed by atoms with van der Waals surface area (Å²) in [6.45, 7) is 3.53. The molecule has 186 valence electrons. The van der Waals surface area contributed by atoms with Crippen molar-refractivity contribution in [3.8, 4) is 0 Å². The zero-order valence-electron chi connectivity index (χ0n) is 20.8. The maximum Gasteiger partial charge on any atom is 0.339 e. The van der Waals surface area contributed by atoms with Crippen molar-refractivity contribution < 1.29 is 14.3 Å². The van der Waals surface area contributed by atoms with Gasteiger partial charge in [0.25, 0.3) is 5.91 Å². The first-order valence-electron chi connectivity index (χ1n) is 12.3. The molecule has 0 fully saturated rings. The van der Waals surface area contributed by atoms with Crippen molar-refractivity contribution in [1.82, 2.24) is 4.98 Å². The Balaban J connectivity index is 1.46. The van der Waals surface area contributed by atoms with Gasteiger partial charge in [-0.1, -0.05) is 60.1 Å². The number of ether oxygens (including phenoxy) is 1. The van der Waals surface area contributed by atoms with E-state index in [1.165, 1.54) is 0 Å². The number of nitrogens with zero attached hydrogens (tertiary/aromatic N) is 2. The molecule has 1 heterocycles. The highest BCUT2D eigenvalue weighted by atomic mass is 35.5. The second-order valence-electron chi connectivity index (χ2n) is 9.32. The summed E-state index contributed by atoms with van der Waals surface area (Å²) < 4.78 is 5.65. The quantitative estimate of drug-likeness (QED) is 0.263. The molecule has 0 spiro atoms. The van der Waals surface area contributed by atoms with Crippen molar-refractivity contribution in [3.63, 3.8) is 0 Å². The molecule has 0 aliphatic heterocycles. The molecule has 1 amide bonds. The number of aromatic nitrogens is 1. The van der Waals surface area contributed by atoms with Crippen LogP contribution in [0, 0.1) is 0 Å². The van der Waals surface area contributed by atoms with Crippen molar-refractivity contribution in [2.75, 3.05) is 11.5 Å². The summed E-state index contributed by atoms with van der Waals surface area (Å²) >= 11 is 6.04. The van der Waals surface area contributed by atoms with E-state index in [1.54, 1.807) is 4.90 Å². The van der Waals surface area contributed by atoms with Crippen LogP contribution in [0.5, 0.6) is 0 Å². The fourth-order valence-corrected chi connectivity index (χ4v) is 4.99. The molecule has 0 atom stereocenters. The number of halogens is 1. The van der Waals surface area contributed by atoms with Crippen molar-refractivity contribution in [1.29, 1.82) is 0 Å². The van der Waals surface area contributed by atoms with Gasteiger partial charge < -0.3 is 9.64 Å². The highest BCUT2D eigenvalue weighted by molar-refractivity contribution is 6.30. The molecule has 0 saturated carbocycles. The van der Waals surface area contributed by atoms with Gasteiger partial charge in [0.1, 0.15) is 0 Å². The van der Waals surface area contributed by atoms with Crippen LogP contribution in [0.1, 0.15) is 47.4 Å². The monoisotopic (exact) mass is 510 g/mol. The Hall–Kier alpha value is -3.96. The molecular formula is C31H27ClN2O3. The largest absolute Gasteiger partial charge is 0.452 e. The Morgan fingerprint density at radius 3 is 2.41 bits per heavy atom. The molecule has 37 heavy (non-hydrogen) atoms. The third-order valence-corrected chi connectivity index (χ3v) is 6.75. The van der Waals surface area contributed by atoms with E-state index < -0.39 is 5.97 Å². The maximum atomic E-state index is 13.5. The predicted molar refractivity (Wildman–Crippen MR) is 149 cm³/mol. The van der Waals surface area contributed by atoms with Crippen molar-refractivity contribution in [2.45, 2.75) is 32.7 Å². The topological polar surface area (TPSA) is 59.5 Å². The lowest BCUT2D eigenvalue weighted by Gasteiger charge is -2.26. The van der Waals surface area contributed by atoms with Crippen LogP contribution in [-0.4, -0.2) is 29.5 Å². The summed E-state index contributed by atoms with van der Waals surface area (Å²) in [6, 6.07) is 24.5. The van der Waals surface area contributed by atoms with Gasteiger partial charge >= 0.3 is 5.97 Å². The number of benzene rings is 3. The van der Waals surface area contributed by atoms with E-state index in [2.05, 4.69) is 6.08 Å². The highest BCUT2D eigenvalue weighted by Crippen LogP contribution is 2.38. The normalized spacial score (nSPS) is 13.7. The van der Waals surface area contributed by atoms with Crippen LogP contribution in [0.4, 0.5) is 5.69 Å². The van der Waals surface area contributed by atoms with E-state index in [9.17, 15) is 9.59 Å². The number of allylic oxidation sites excluding steroid dienone is 1. The molecule has 4 aromatic rings. The molecule has 5 rings (SSSR count). The second-order valence-corrected chi connectivity index (χ2v) is 9.76. The molecule has 6 heteroatoms. The summed E-state index contributed by atoms with van der Waals surface area (Å²) in [5, 5.41) is 1.41. The van der Waals surface area contributed by atoms with E-state index in [4.69, 9.17) is 21.3 Å². The molecule has 0 unspecified atom stereocenters. The van der Waals surface area contributed by atoms with Gasteiger partial charge in [-0.2, -0.15) is 0 Å². The minimum absolute atomic E-state index is 0.0832. The average molecular weight is 511 g/mol. The van der Waals surface area contributed by atoms with Crippen LogP contribution in [0.3, 0.4) is 0 Å². The van der Waals surface area contributed by atoms with E-state index >= 15 is 0 Å². The summed E-state index contributed by atoms with van der Waals surface area (Å²) in [5.74, 6) is -0.777. The van der Waals surface area contributed by atoms with Crippen LogP contribution in [0.2, 0.25) is 5.02 Å². The van der Waals surface area contributed by atoms with E-state index in [1.807, 2.05) is 92.7 Å². The molecule has 1 aromatic heterocycles. The molecule has 1 aliphatic carbocycles. The number of para-hydroxylation sites is 2. The SMILES string of the molecule is CC(C)N(C(=O)COC(=O)c1c2c(nc3ccccc13)/C(=C/c1ccc(Cl)cc1)CC2)c1ccccc1. The van der Waals surface area contributed by atoms with Crippen LogP contribution >= 0.6 is 11.6 Å². The number of hydrogen-bond donors (Lipinski definition) is 0. The zero-order chi connectivity index (χ0) is 25.9. The number of carbonyl (C=O) groups excluding carboxylic acids is 2. The van der Waals surface area contributed by atoms with E-state index in [0.717, 1.165) is 45.4 Å². The molecule has 1 aliphatic rings. The number of pyridine rings is 1. The first-order valence-corrected chi connectivity index (χ1v) is 12.7. The number of rotatable bonds is 6. The Morgan fingerprint density at radius 2 is 1.68 bits per heavy atom. The van der Waals surface area contributed by atoms with Gasteiger partial charge in [0.05, 0.1) is 16.8 Å². The maximum absolute atomic E-state index is 13.5. The summed E-state index contributed by atoms with van der Waals surface area (Å²) in [6.07, 6.45) is 3.52. The smallest absolute Gasteiger partial charge is 0.339 e. The van der Waals surface area contributed by atoms with Gasteiger partial charge in [-0.3, -0.25) is 4.79 Å². The number of esters is 1. The van der Waals surface area contributed by atoms with Crippen molar-refractivity contribution in [2.24, 2.45) is 0 Å². The third kappa shape index (κ3) is 5.13. The minimum Gasteiger partial charge on any atom is -0.452 e. The summed E-state index contributed by atoms with van der Waals surface area (Å²) in [5.41, 5.74) is 5.72. The molecule has 5 nitrogen and oxygen atoms in total. The van der Waals surface area contributed by atoms with Gasteiger partial charge in [0, 0.05) is 22.1 Å². The van der Waals surface area contributed by atoms with E-state index in [0.29, 0.717) is 17.0 Å². The first kappa shape index (κ1) is 24.7. The highest BCUT2D eigenvalue weighted by Gasteiger charge is 2.28. The number of amides is 1. The molecule has 0 N–H and O–H groups in total.